The van der Waals surface area contributed by atoms with E-state index in [4.69, 9.17) is 11.6 Å². The molecule has 132 valence electrons. The van der Waals surface area contributed by atoms with E-state index in [1.807, 2.05) is 18.2 Å². The molecule has 0 saturated carbocycles. The second-order valence-corrected chi connectivity index (χ2v) is 7.24. The number of nitrogens with one attached hydrogen (secondary N) is 2. The number of halogens is 1. The second kappa shape index (κ2) is 7.02. The number of nitrogens with zero attached hydrogens (tertiary/aromatic N) is 1. The molecule has 0 fully saturated rings. The van der Waals surface area contributed by atoms with E-state index >= 15 is 0 Å². The number of fused-ring (bicyclic) bond motifs is 1. The molecule has 4 rings (SSSR count). The van der Waals surface area contributed by atoms with Gasteiger partial charge < -0.3 is 10.2 Å². The van der Waals surface area contributed by atoms with Crippen LogP contribution in [0, 0.1) is 0 Å². The van der Waals surface area contributed by atoms with Gasteiger partial charge in [0.05, 0.1) is 6.04 Å². The third-order valence-corrected chi connectivity index (χ3v) is 5.07. The molecule has 1 aliphatic heterocycles. The summed E-state index contributed by atoms with van der Waals surface area (Å²) in [5, 5.41) is 8.09. The average Bonchev–Trinajstić information content (AvgIpc) is 2.68. The van der Waals surface area contributed by atoms with E-state index in [0.29, 0.717) is 0 Å². The Balaban J connectivity index is 1.72. The van der Waals surface area contributed by atoms with Gasteiger partial charge in [0, 0.05) is 30.5 Å². The van der Waals surface area contributed by atoms with Gasteiger partial charge in [-0.2, -0.15) is 0 Å². The smallest absolute Gasteiger partial charge is 0.104 e. The van der Waals surface area contributed by atoms with Crippen LogP contribution in [0.15, 0.2) is 72.8 Å². The summed E-state index contributed by atoms with van der Waals surface area (Å²) in [5.74, 6) is 0. The lowest BCUT2D eigenvalue weighted by Crippen LogP contribution is -2.37. The third-order valence-electron chi connectivity index (χ3n) is 4.83. The number of hydrogen-bond acceptors (Lipinski definition) is 3. The summed E-state index contributed by atoms with van der Waals surface area (Å²) in [7, 11) is 4.11. The van der Waals surface area contributed by atoms with Crippen LogP contribution < -0.4 is 15.5 Å². The highest BCUT2D eigenvalue weighted by atomic mass is 35.5. The fraction of sp³-hybridized carbons (Fsp3) is 0.182. The van der Waals surface area contributed by atoms with Gasteiger partial charge in [-0.25, -0.2) is 0 Å². The van der Waals surface area contributed by atoms with Gasteiger partial charge in [0.25, 0.3) is 0 Å². The standard InChI is InChI=1S/C22H22ClN3/c1-26(2)18-11-8-16(9-12-18)22-24-20-13-10-17(23)14-19(20)21(25-22)15-6-4-3-5-7-15/h3-14,21-22,24-25H,1-2H3. The van der Waals surface area contributed by atoms with Crippen LogP contribution in [0.2, 0.25) is 5.02 Å². The van der Waals surface area contributed by atoms with Crippen LogP contribution in [0.25, 0.3) is 0 Å². The largest absolute Gasteiger partial charge is 0.378 e. The first-order valence-corrected chi connectivity index (χ1v) is 9.14. The second-order valence-electron chi connectivity index (χ2n) is 6.81. The topological polar surface area (TPSA) is 27.3 Å². The molecule has 4 heteroatoms. The van der Waals surface area contributed by atoms with Crippen LogP contribution in [0.5, 0.6) is 0 Å². The average molecular weight is 364 g/mol. The molecule has 3 nitrogen and oxygen atoms in total. The van der Waals surface area contributed by atoms with Crippen LogP contribution in [0.4, 0.5) is 11.4 Å². The molecule has 2 N–H and O–H groups in total. The minimum atomic E-state index is 0.0325. The third kappa shape index (κ3) is 3.28. The Bertz CT molecular complexity index is 891. The molecule has 3 aromatic rings. The summed E-state index contributed by atoms with van der Waals surface area (Å²) < 4.78 is 0. The van der Waals surface area contributed by atoms with Crippen LogP contribution in [-0.4, -0.2) is 14.1 Å². The van der Waals surface area contributed by atoms with Crippen molar-refractivity contribution < 1.29 is 0 Å². The minimum absolute atomic E-state index is 0.0325. The van der Waals surface area contributed by atoms with Crippen molar-refractivity contribution in [2.75, 3.05) is 24.3 Å². The maximum atomic E-state index is 6.27. The molecule has 1 heterocycles. The summed E-state index contributed by atoms with van der Waals surface area (Å²) in [6.07, 6.45) is 0.0325. The summed E-state index contributed by atoms with van der Waals surface area (Å²) in [4.78, 5) is 2.11. The normalized spacial score (nSPS) is 18.7. The van der Waals surface area contributed by atoms with Gasteiger partial charge in [0.1, 0.15) is 6.17 Å². The predicted molar refractivity (Wildman–Crippen MR) is 110 cm³/mol. The van der Waals surface area contributed by atoms with Crippen molar-refractivity contribution in [1.29, 1.82) is 0 Å². The lowest BCUT2D eigenvalue weighted by atomic mass is 9.93. The lowest BCUT2D eigenvalue weighted by Gasteiger charge is -2.35. The zero-order valence-corrected chi connectivity index (χ0v) is 15.7. The molecular formula is C22H22ClN3. The van der Waals surface area contributed by atoms with Gasteiger partial charge in [0.2, 0.25) is 0 Å². The monoisotopic (exact) mass is 363 g/mol. The number of rotatable bonds is 3. The molecule has 26 heavy (non-hydrogen) atoms. The lowest BCUT2D eigenvalue weighted by molar-refractivity contribution is 0.506. The maximum Gasteiger partial charge on any atom is 0.104 e. The van der Waals surface area contributed by atoms with E-state index in [1.54, 1.807) is 0 Å². The van der Waals surface area contributed by atoms with Crippen molar-refractivity contribution in [2.24, 2.45) is 0 Å². The molecule has 0 radical (unpaired) electrons. The highest BCUT2D eigenvalue weighted by molar-refractivity contribution is 6.30. The van der Waals surface area contributed by atoms with Gasteiger partial charge in [-0.1, -0.05) is 54.1 Å². The SMILES string of the molecule is CN(C)c1ccc(C2Nc3ccc(Cl)cc3C(c3ccccc3)N2)cc1. The van der Waals surface area contributed by atoms with Gasteiger partial charge in [0.15, 0.2) is 0 Å². The molecule has 0 aromatic heterocycles. The molecule has 2 unspecified atom stereocenters. The van der Waals surface area contributed by atoms with Gasteiger partial charge in [-0.3, -0.25) is 5.32 Å². The zero-order chi connectivity index (χ0) is 18.1. The van der Waals surface area contributed by atoms with Crippen LogP contribution in [-0.2, 0) is 0 Å². The fourth-order valence-electron chi connectivity index (χ4n) is 3.42. The van der Waals surface area contributed by atoms with Crippen LogP contribution in [0.3, 0.4) is 0 Å². The quantitative estimate of drug-likeness (QED) is 0.669. The minimum Gasteiger partial charge on any atom is -0.378 e. The van der Waals surface area contributed by atoms with Crippen LogP contribution >= 0.6 is 11.6 Å². The van der Waals surface area contributed by atoms with E-state index in [2.05, 4.69) is 84.2 Å². The van der Waals surface area contributed by atoms with Gasteiger partial charge in [-0.15, -0.1) is 0 Å². The highest BCUT2D eigenvalue weighted by Gasteiger charge is 2.27. The first kappa shape index (κ1) is 17.0. The van der Waals surface area contributed by atoms with E-state index in [-0.39, 0.29) is 12.2 Å². The van der Waals surface area contributed by atoms with Crippen molar-refractivity contribution in [3.63, 3.8) is 0 Å². The van der Waals surface area contributed by atoms with Crippen molar-refractivity contribution >= 4 is 23.0 Å². The molecule has 1 aliphatic rings. The Morgan fingerprint density at radius 2 is 1.58 bits per heavy atom. The molecular weight excluding hydrogens is 342 g/mol. The Morgan fingerprint density at radius 3 is 2.27 bits per heavy atom. The maximum absolute atomic E-state index is 6.27. The van der Waals surface area contributed by atoms with E-state index in [0.717, 1.165) is 10.7 Å². The van der Waals surface area contributed by atoms with Gasteiger partial charge >= 0.3 is 0 Å². The number of benzene rings is 3. The van der Waals surface area contributed by atoms with Crippen molar-refractivity contribution in [1.82, 2.24) is 5.32 Å². The summed E-state index contributed by atoms with van der Waals surface area (Å²) in [5.41, 5.74) is 5.91. The fourth-order valence-corrected chi connectivity index (χ4v) is 3.60. The highest BCUT2D eigenvalue weighted by Crippen LogP contribution is 2.38. The molecule has 0 saturated heterocycles. The Labute approximate surface area is 159 Å². The molecule has 0 bridgehead atoms. The molecule has 2 atom stereocenters. The molecule has 0 spiro atoms. The Hall–Kier alpha value is -2.49. The van der Waals surface area contributed by atoms with E-state index < -0.39 is 0 Å². The predicted octanol–water partition coefficient (Wildman–Crippen LogP) is 5.21. The van der Waals surface area contributed by atoms with Gasteiger partial charge in [-0.05, 0) is 47.0 Å². The number of anilines is 2. The number of hydrogen-bond donors (Lipinski definition) is 2. The summed E-state index contributed by atoms with van der Waals surface area (Å²) in [6.45, 7) is 0. The summed E-state index contributed by atoms with van der Waals surface area (Å²) >= 11 is 6.27. The Morgan fingerprint density at radius 1 is 0.846 bits per heavy atom. The van der Waals surface area contributed by atoms with E-state index in [9.17, 15) is 0 Å². The van der Waals surface area contributed by atoms with Crippen molar-refractivity contribution in [2.45, 2.75) is 12.2 Å². The van der Waals surface area contributed by atoms with Crippen molar-refractivity contribution in [3.8, 4) is 0 Å². The molecule has 0 amide bonds. The molecule has 0 aliphatic carbocycles. The zero-order valence-electron chi connectivity index (χ0n) is 14.9. The van der Waals surface area contributed by atoms with E-state index in [1.165, 1.54) is 22.4 Å². The van der Waals surface area contributed by atoms with Crippen molar-refractivity contribution in [3.05, 3.63) is 94.5 Å². The summed E-state index contributed by atoms with van der Waals surface area (Å²) in [6, 6.07) is 25.3. The first-order chi connectivity index (χ1) is 12.6. The molecule has 3 aromatic carbocycles. The first-order valence-electron chi connectivity index (χ1n) is 8.76. The Kier molecular flexibility index (Phi) is 4.58. The van der Waals surface area contributed by atoms with Crippen LogP contribution in [0.1, 0.15) is 28.9 Å².